The van der Waals surface area contributed by atoms with Crippen molar-refractivity contribution in [3.63, 3.8) is 0 Å². The number of nitrogens with zero attached hydrogens (tertiary/aromatic N) is 2. The number of hydrogen-bond acceptors (Lipinski definition) is 9. The standard InChI is InChI=1S/C37H33BrN2O7S/c1-6-46-36(42)32-21(2)39-37-40(33(32)27-19-25(43-3)14-15-29(27)44-4)35(41)31(48-37)18-22-16-28(38)34(30(17-22)45-5)47-20-24-12-9-11-23-10-7-8-13-26(23)24/h7-19,33H,6,20H2,1-5H3/b31-18-/t33-/m0/s1. The molecule has 0 fully saturated rings. The molecule has 0 aliphatic carbocycles. The minimum atomic E-state index is -0.862. The molecule has 0 unspecified atom stereocenters. The lowest BCUT2D eigenvalue weighted by atomic mass is 9.94. The summed E-state index contributed by atoms with van der Waals surface area (Å²) in [4.78, 5) is 32.7. The first kappa shape index (κ1) is 33.0. The summed E-state index contributed by atoms with van der Waals surface area (Å²) in [5.74, 6) is 1.52. The molecule has 0 bridgehead atoms. The summed E-state index contributed by atoms with van der Waals surface area (Å²) in [6, 6.07) is 22.4. The van der Waals surface area contributed by atoms with Crippen molar-refractivity contribution >= 4 is 50.1 Å². The van der Waals surface area contributed by atoms with Crippen LogP contribution >= 0.6 is 27.3 Å². The predicted molar refractivity (Wildman–Crippen MR) is 189 cm³/mol. The molecule has 48 heavy (non-hydrogen) atoms. The molecule has 0 amide bonds. The van der Waals surface area contributed by atoms with Crippen molar-refractivity contribution < 1.29 is 28.5 Å². The summed E-state index contributed by atoms with van der Waals surface area (Å²) >= 11 is 4.88. The number of rotatable bonds is 10. The van der Waals surface area contributed by atoms with Crippen LogP contribution < -0.4 is 33.8 Å². The van der Waals surface area contributed by atoms with Crippen LogP contribution in [0.3, 0.4) is 0 Å². The van der Waals surface area contributed by atoms with Gasteiger partial charge in [0, 0.05) is 5.56 Å². The van der Waals surface area contributed by atoms with Crippen LogP contribution in [0.2, 0.25) is 0 Å². The van der Waals surface area contributed by atoms with Crippen LogP contribution in [0.4, 0.5) is 0 Å². The third kappa shape index (κ3) is 6.23. The largest absolute Gasteiger partial charge is 0.497 e. The molecule has 5 aromatic rings. The molecule has 0 spiro atoms. The number of ether oxygens (including phenoxy) is 5. The molecule has 9 nitrogen and oxygen atoms in total. The van der Waals surface area contributed by atoms with E-state index in [2.05, 4.69) is 39.1 Å². The molecule has 0 saturated heterocycles. The van der Waals surface area contributed by atoms with E-state index in [9.17, 15) is 9.59 Å². The summed E-state index contributed by atoms with van der Waals surface area (Å²) in [5, 5.41) is 2.26. The molecule has 2 heterocycles. The Morgan fingerprint density at radius 2 is 1.75 bits per heavy atom. The Hall–Kier alpha value is -4.87. The second-order valence-electron chi connectivity index (χ2n) is 10.9. The lowest BCUT2D eigenvalue weighted by molar-refractivity contribution is -0.139. The van der Waals surface area contributed by atoms with Crippen molar-refractivity contribution in [1.82, 2.24) is 4.57 Å². The van der Waals surface area contributed by atoms with E-state index in [0.29, 0.717) is 60.2 Å². The monoisotopic (exact) mass is 728 g/mol. The van der Waals surface area contributed by atoms with Crippen molar-refractivity contribution in [2.24, 2.45) is 4.99 Å². The van der Waals surface area contributed by atoms with Crippen LogP contribution in [0.25, 0.3) is 16.8 Å². The van der Waals surface area contributed by atoms with Crippen molar-refractivity contribution in [3.8, 4) is 23.0 Å². The van der Waals surface area contributed by atoms with Crippen LogP contribution in [0.1, 0.15) is 36.6 Å². The number of benzene rings is 4. The minimum Gasteiger partial charge on any atom is -0.497 e. The van der Waals surface area contributed by atoms with Crippen LogP contribution in [-0.2, 0) is 16.1 Å². The Kier molecular flexibility index (Phi) is 9.70. The van der Waals surface area contributed by atoms with Crippen molar-refractivity contribution in [3.05, 3.63) is 125 Å². The Morgan fingerprint density at radius 1 is 0.979 bits per heavy atom. The zero-order valence-corrected chi connectivity index (χ0v) is 29.4. The van der Waals surface area contributed by atoms with Crippen molar-refractivity contribution in [2.75, 3.05) is 27.9 Å². The van der Waals surface area contributed by atoms with E-state index < -0.39 is 12.0 Å². The van der Waals surface area contributed by atoms with E-state index in [1.54, 1.807) is 52.3 Å². The summed E-state index contributed by atoms with van der Waals surface area (Å²) < 4.78 is 31.2. The summed E-state index contributed by atoms with van der Waals surface area (Å²) in [6.07, 6.45) is 1.77. The van der Waals surface area contributed by atoms with E-state index in [1.807, 2.05) is 36.4 Å². The molecular formula is C37H33BrN2O7S. The van der Waals surface area contributed by atoms with E-state index in [0.717, 1.165) is 16.3 Å². The number of carbonyl (C=O) groups excluding carboxylic acids is 1. The first-order valence-corrected chi connectivity index (χ1v) is 16.8. The predicted octanol–water partition coefficient (Wildman–Crippen LogP) is 6.32. The Morgan fingerprint density at radius 3 is 2.50 bits per heavy atom. The summed E-state index contributed by atoms with van der Waals surface area (Å²) in [7, 11) is 4.67. The lowest BCUT2D eigenvalue weighted by Gasteiger charge is -2.26. The van der Waals surface area contributed by atoms with Crippen LogP contribution in [0.15, 0.2) is 98.3 Å². The van der Waals surface area contributed by atoms with E-state index in [4.69, 9.17) is 23.7 Å². The van der Waals surface area contributed by atoms with Gasteiger partial charge in [-0.05, 0) is 88.1 Å². The fourth-order valence-corrected chi connectivity index (χ4v) is 7.44. The fraction of sp³-hybridized carbons (Fsp3) is 0.216. The minimum absolute atomic E-state index is 0.167. The topological polar surface area (TPSA) is 97.6 Å². The quantitative estimate of drug-likeness (QED) is 0.155. The highest BCUT2D eigenvalue weighted by Crippen LogP contribution is 2.39. The normalized spacial score (nSPS) is 14.4. The first-order valence-electron chi connectivity index (χ1n) is 15.2. The summed E-state index contributed by atoms with van der Waals surface area (Å²) in [5.41, 5.74) is 2.70. The van der Waals surface area contributed by atoms with Gasteiger partial charge in [0.25, 0.3) is 5.56 Å². The van der Waals surface area contributed by atoms with Gasteiger partial charge in [-0.2, -0.15) is 0 Å². The van der Waals surface area contributed by atoms with Gasteiger partial charge < -0.3 is 23.7 Å². The molecule has 0 N–H and O–H groups in total. The van der Waals surface area contributed by atoms with E-state index in [-0.39, 0.29) is 17.7 Å². The first-order chi connectivity index (χ1) is 23.3. The lowest BCUT2D eigenvalue weighted by Crippen LogP contribution is -2.40. The van der Waals surface area contributed by atoms with E-state index >= 15 is 0 Å². The maximum atomic E-state index is 14.2. The molecule has 246 valence electrons. The highest BCUT2D eigenvalue weighted by atomic mass is 79.9. The molecule has 6 rings (SSSR count). The Labute approximate surface area is 289 Å². The average molecular weight is 730 g/mol. The maximum absolute atomic E-state index is 14.2. The third-order valence-corrected chi connectivity index (χ3v) is 9.62. The number of fused-ring (bicyclic) bond motifs is 2. The van der Waals surface area contributed by atoms with Gasteiger partial charge in [0.2, 0.25) is 0 Å². The summed E-state index contributed by atoms with van der Waals surface area (Å²) in [6.45, 7) is 3.98. The molecule has 1 aromatic heterocycles. The highest BCUT2D eigenvalue weighted by molar-refractivity contribution is 9.10. The van der Waals surface area contributed by atoms with Gasteiger partial charge in [0.1, 0.15) is 24.1 Å². The number of thiazole rings is 1. The zero-order valence-electron chi connectivity index (χ0n) is 27.0. The van der Waals surface area contributed by atoms with Gasteiger partial charge in [-0.15, -0.1) is 0 Å². The van der Waals surface area contributed by atoms with Gasteiger partial charge >= 0.3 is 5.97 Å². The van der Waals surface area contributed by atoms with Gasteiger partial charge in [-0.25, -0.2) is 9.79 Å². The van der Waals surface area contributed by atoms with Crippen LogP contribution in [0, 0.1) is 0 Å². The van der Waals surface area contributed by atoms with Gasteiger partial charge in [-0.1, -0.05) is 53.8 Å². The number of aromatic nitrogens is 1. The molecule has 4 aromatic carbocycles. The van der Waals surface area contributed by atoms with Gasteiger partial charge in [0.15, 0.2) is 16.3 Å². The second kappa shape index (κ2) is 14.1. The number of esters is 1. The molecular weight excluding hydrogens is 696 g/mol. The highest BCUT2D eigenvalue weighted by Gasteiger charge is 2.35. The molecule has 1 aliphatic rings. The van der Waals surface area contributed by atoms with Crippen LogP contribution in [0.5, 0.6) is 23.0 Å². The molecule has 0 saturated carbocycles. The zero-order chi connectivity index (χ0) is 33.9. The number of allylic oxidation sites excluding steroid dienone is 1. The second-order valence-corrected chi connectivity index (χ2v) is 12.7. The van der Waals surface area contributed by atoms with Crippen LogP contribution in [-0.4, -0.2) is 38.5 Å². The SMILES string of the molecule is CCOC(=O)C1=C(C)N=c2s/c(=C\c3cc(Br)c(OCc4cccc5ccccc45)c(OC)c3)c(=O)n2[C@H]1c1cc(OC)ccc1OC. The van der Waals surface area contributed by atoms with Crippen molar-refractivity contribution in [2.45, 2.75) is 26.5 Å². The Balaban J connectivity index is 1.43. The molecule has 11 heteroatoms. The number of methoxy groups -OCH3 is 3. The smallest absolute Gasteiger partial charge is 0.338 e. The number of carbonyl (C=O) groups is 1. The molecule has 0 radical (unpaired) electrons. The Bertz CT molecular complexity index is 2250. The molecule has 1 atom stereocenters. The fourth-order valence-electron chi connectivity index (χ4n) is 5.82. The third-order valence-electron chi connectivity index (χ3n) is 8.05. The maximum Gasteiger partial charge on any atom is 0.338 e. The number of halogens is 1. The van der Waals surface area contributed by atoms with Gasteiger partial charge in [-0.3, -0.25) is 9.36 Å². The van der Waals surface area contributed by atoms with Gasteiger partial charge in [0.05, 0.1) is 48.2 Å². The van der Waals surface area contributed by atoms with Crippen molar-refractivity contribution in [1.29, 1.82) is 0 Å². The average Bonchev–Trinajstić information content (AvgIpc) is 3.40. The van der Waals surface area contributed by atoms with E-state index in [1.165, 1.54) is 23.0 Å². The molecule has 1 aliphatic heterocycles. The number of hydrogen-bond donors (Lipinski definition) is 0.